The van der Waals surface area contributed by atoms with E-state index >= 15 is 0 Å². The molecule has 1 atom stereocenters. The van der Waals surface area contributed by atoms with Gasteiger partial charge in [-0.05, 0) is 36.6 Å². The molecule has 2 N–H and O–H groups in total. The number of anilines is 2. The van der Waals surface area contributed by atoms with Gasteiger partial charge in [0.2, 0.25) is 0 Å². The zero-order valence-corrected chi connectivity index (χ0v) is 17.1. The van der Waals surface area contributed by atoms with E-state index in [1.165, 1.54) is 0 Å². The number of hydrogen-bond acceptors (Lipinski definition) is 6. The van der Waals surface area contributed by atoms with E-state index in [0.29, 0.717) is 26.1 Å². The fraction of sp³-hybridized carbons (Fsp3) is 0.400. The van der Waals surface area contributed by atoms with Gasteiger partial charge in [-0.1, -0.05) is 12.1 Å². The number of nitrogens with one attached hydrogen (secondary N) is 2. The molecule has 2 aromatic rings. The summed E-state index contributed by atoms with van der Waals surface area (Å²) < 4.78 is 5.11. The fourth-order valence-electron chi connectivity index (χ4n) is 3.62. The molecule has 4 rings (SSSR count). The van der Waals surface area contributed by atoms with Crippen molar-refractivity contribution >= 4 is 34.0 Å². The van der Waals surface area contributed by atoms with Crippen LogP contribution < -0.4 is 15.5 Å². The summed E-state index contributed by atoms with van der Waals surface area (Å²) in [5.74, 6) is -0.0579. The van der Waals surface area contributed by atoms with E-state index in [4.69, 9.17) is 4.74 Å². The normalized spacial score (nSPS) is 17.9. The van der Waals surface area contributed by atoms with Crippen LogP contribution in [0.15, 0.2) is 24.3 Å². The molecule has 1 aromatic heterocycles. The second-order valence-corrected chi connectivity index (χ2v) is 8.22. The van der Waals surface area contributed by atoms with Crippen LogP contribution in [-0.2, 0) is 17.7 Å². The molecule has 28 heavy (non-hydrogen) atoms. The van der Waals surface area contributed by atoms with Crippen LogP contribution in [0.1, 0.15) is 39.5 Å². The number of hydrogen-bond donors (Lipinski definition) is 2. The molecule has 0 radical (unpaired) electrons. The van der Waals surface area contributed by atoms with Gasteiger partial charge in [-0.15, -0.1) is 11.3 Å². The number of carbonyl (C=O) groups is 2. The molecule has 148 valence electrons. The van der Waals surface area contributed by atoms with Crippen LogP contribution >= 0.6 is 11.3 Å². The predicted molar refractivity (Wildman–Crippen MR) is 110 cm³/mol. The Morgan fingerprint density at radius 3 is 2.71 bits per heavy atom. The molecule has 0 saturated heterocycles. The highest BCUT2D eigenvalue weighted by molar-refractivity contribution is 7.16. The van der Waals surface area contributed by atoms with Crippen molar-refractivity contribution in [2.24, 2.45) is 0 Å². The van der Waals surface area contributed by atoms with E-state index in [-0.39, 0.29) is 18.2 Å². The third-order valence-corrected chi connectivity index (χ3v) is 6.25. The van der Waals surface area contributed by atoms with Crippen LogP contribution in [0.2, 0.25) is 0 Å². The molecule has 0 fully saturated rings. The molecule has 1 aromatic carbocycles. The summed E-state index contributed by atoms with van der Waals surface area (Å²) in [7, 11) is 4.00. The van der Waals surface area contributed by atoms with Gasteiger partial charge in [-0.25, -0.2) is 4.79 Å². The molecule has 3 heterocycles. The standard InChI is InChI=1S/C20H24N4O3S/c1-4-27-20(26)24-10-9-14-15(11-24)28-19-16(14)18(25)21-17(22-19)12-5-7-13(8-6-12)23(2)3/h5-8,17,22H,4,9-11H2,1-3H3,(H,21,25)/t17-/m1/s1. The Morgan fingerprint density at radius 2 is 2.04 bits per heavy atom. The minimum absolute atomic E-state index is 0.0579. The van der Waals surface area contributed by atoms with Gasteiger partial charge >= 0.3 is 6.09 Å². The highest BCUT2D eigenvalue weighted by Crippen LogP contribution is 2.40. The Bertz CT molecular complexity index is 907. The van der Waals surface area contributed by atoms with Crippen LogP contribution in [0.5, 0.6) is 0 Å². The van der Waals surface area contributed by atoms with Crippen molar-refractivity contribution in [3.8, 4) is 0 Å². The van der Waals surface area contributed by atoms with Crippen molar-refractivity contribution < 1.29 is 14.3 Å². The van der Waals surface area contributed by atoms with Crippen molar-refractivity contribution in [1.82, 2.24) is 10.2 Å². The van der Waals surface area contributed by atoms with Crippen molar-refractivity contribution in [2.45, 2.75) is 26.1 Å². The van der Waals surface area contributed by atoms with E-state index in [1.54, 1.807) is 23.2 Å². The number of nitrogens with zero attached hydrogens (tertiary/aromatic N) is 2. The molecular weight excluding hydrogens is 376 g/mol. The van der Waals surface area contributed by atoms with Gasteiger partial charge in [-0.3, -0.25) is 4.79 Å². The zero-order valence-electron chi connectivity index (χ0n) is 16.2. The Kier molecular flexibility index (Phi) is 4.89. The van der Waals surface area contributed by atoms with E-state index in [2.05, 4.69) is 10.6 Å². The molecule has 0 saturated carbocycles. The van der Waals surface area contributed by atoms with E-state index in [9.17, 15) is 9.59 Å². The Hall–Kier alpha value is -2.74. The lowest BCUT2D eigenvalue weighted by atomic mass is 10.0. The maximum absolute atomic E-state index is 12.8. The lowest BCUT2D eigenvalue weighted by Gasteiger charge is -2.28. The number of fused-ring (bicyclic) bond motifs is 3. The average Bonchev–Trinajstić information content (AvgIpc) is 3.06. The number of rotatable bonds is 3. The minimum atomic E-state index is -0.296. The number of carbonyl (C=O) groups excluding carboxylic acids is 2. The van der Waals surface area contributed by atoms with Crippen molar-refractivity contribution in [3.05, 3.63) is 45.8 Å². The first-order chi connectivity index (χ1) is 13.5. The molecule has 0 bridgehead atoms. The second-order valence-electron chi connectivity index (χ2n) is 7.12. The predicted octanol–water partition coefficient (Wildman–Crippen LogP) is 3.18. The van der Waals surface area contributed by atoms with Gasteiger partial charge in [0.25, 0.3) is 5.91 Å². The van der Waals surface area contributed by atoms with Gasteiger partial charge in [0, 0.05) is 31.2 Å². The lowest BCUT2D eigenvalue weighted by Crippen LogP contribution is -2.39. The smallest absolute Gasteiger partial charge is 0.410 e. The van der Waals surface area contributed by atoms with Gasteiger partial charge in [-0.2, -0.15) is 0 Å². The Balaban J connectivity index is 1.56. The number of ether oxygens (including phenoxy) is 1. The molecule has 7 nitrogen and oxygen atoms in total. The maximum Gasteiger partial charge on any atom is 0.410 e. The number of benzene rings is 1. The Morgan fingerprint density at radius 1 is 1.29 bits per heavy atom. The monoisotopic (exact) mass is 400 g/mol. The van der Waals surface area contributed by atoms with E-state index in [0.717, 1.165) is 32.3 Å². The van der Waals surface area contributed by atoms with Gasteiger partial charge in [0.05, 0.1) is 18.7 Å². The van der Waals surface area contributed by atoms with Crippen LogP contribution in [0.4, 0.5) is 15.5 Å². The molecule has 2 amide bonds. The summed E-state index contributed by atoms with van der Waals surface area (Å²) in [6.07, 6.45) is 0.102. The zero-order chi connectivity index (χ0) is 19.8. The minimum Gasteiger partial charge on any atom is -0.450 e. The largest absolute Gasteiger partial charge is 0.450 e. The average molecular weight is 401 g/mol. The molecule has 0 unspecified atom stereocenters. The second kappa shape index (κ2) is 7.35. The summed E-state index contributed by atoms with van der Waals surface area (Å²) in [6.45, 7) is 3.22. The van der Waals surface area contributed by atoms with Gasteiger partial charge < -0.3 is 25.2 Å². The molecular formula is C20H24N4O3S. The van der Waals surface area contributed by atoms with Crippen molar-refractivity contribution in [1.29, 1.82) is 0 Å². The number of amides is 2. The Labute approximate surface area is 168 Å². The van der Waals surface area contributed by atoms with Crippen LogP contribution in [0, 0.1) is 0 Å². The quantitative estimate of drug-likeness (QED) is 0.828. The highest BCUT2D eigenvalue weighted by atomic mass is 32.1. The lowest BCUT2D eigenvalue weighted by molar-refractivity contribution is 0.0934. The van der Waals surface area contributed by atoms with Crippen LogP contribution in [0.25, 0.3) is 0 Å². The fourth-order valence-corrected chi connectivity index (χ4v) is 4.91. The first-order valence-corrected chi connectivity index (χ1v) is 10.2. The molecule has 2 aliphatic heterocycles. The van der Waals surface area contributed by atoms with E-state index < -0.39 is 0 Å². The van der Waals surface area contributed by atoms with E-state index in [1.807, 2.05) is 43.3 Å². The molecule has 2 aliphatic rings. The first-order valence-electron chi connectivity index (χ1n) is 9.38. The number of thiophene rings is 1. The van der Waals surface area contributed by atoms with Crippen molar-refractivity contribution in [2.75, 3.05) is 37.5 Å². The van der Waals surface area contributed by atoms with Gasteiger partial charge in [0.1, 0.15) is 11.2 Å². The summed E-state index contributed by atoms with van der Waals surface area (Å²) >= 11 is 1.56. The first kappa shape index (κ1) is 18.6. The summed E-state index contributed by atoms with van der Waals surface area (Å²) in [5.41, 5.74) is 3.89. The van der Waals surface area contributed by atoms with Crippen molar-refractivity contribution in [3.63, 3.8) is 0 Å². The van der Waals surface area contributed by atoms with Gasteiger partial charge in [0.15, 0.2) is 0 Å². The molecule has 8 heteroatoms. The summed E-state index contributed by atoms with van der Waals surface area (Å²) in [5, 5.41) is 7.40. The third-order valence-electron chi connectivity index (χ3n) is 5.10. The summed E-state index contributed by atoms with van der Waals surface area (Å²) in [6, 6.07) is 8.12. The molecule has 0 aliphatic carbocycles. The summed E-state index contributed by atoms with van der Waals surface area (Å²) in [4.78, 5) is 29.7. The highest BCUT2D eigenvalue weighted by Gasteiger charge is 2.34. The maximum atomic E-state index is 12.8. The SMILES string of the molecule is CCOC(=O)N1CCc2c(sc3c2C(=O)N[C@@H](c2ccc(N(C)C)cc2)N3)C1. The molecule has 0 spiro atoms. The van der Waals surface area contributed by atoms with Crippen LogP contribution in [0.3, 0.4) is 0 Å². The van der Waals surface area contributed by atoms with Crippen LogP contribution in [-0.4, -0.2) is 44.1 Å². The topological polar surface area (TPSA) is 73.9 Å². The third kappa shape index (κ3) is 3.28.